The number of nitro groups is 1. The van der Waals surface area contributed by atoms with Crippen molar-refractivity contribution in [3.8, 4) is 11.6 Å². The van der Waals surface area contributed by atoms with Crippen LogP contribution in [0.3, 0.4) is 0 Å². The number of nitrogens with one attached hydrogen (secondary N) is 2. The van der Waals surface area contributed by atoms with Gasteiger partial charge in [0.15, 0.2) is 5.69 Å². The summed E-state index contributed by atoms with van der Waals surface area (Å²) in [6.07, 6.45) is 2.32. The van der Waals surface area contributed by atoms with Crippen molar-refractivity contribution in [2.24, 2.45) is 7.05 Å². The maximum absolute atomic E-state index is 12.9. The Balaban J connectivity index is 1.85. The normalized spacial score (nSPS) is 17.0. The largest absolute Gasteiger partial charge is 0.438 e. The van der Waals surface area contributed by atoms with Gasteiger partial charge in [-0.1, -0.05) is 6.92 Å². The Morgan fingerprint density at radius 1 is 1.42 bits per heavy atom. The standard InChI is InChI=1S/C20H27N5O7S/c1-4-13(2)23-33(29,30)18-10-14(25(27)28)7-8-17(18)32-19-11-16(22-24(19)3)20(26)21-12-15-6-5-9-31-15/h7-8,10-11,13,15,23H,4-6,9,12H2,1-3H3,(H,21,26). The Kier molecular flexibility index (Phi) is 7.66. The Hall–Kier alpha value is -3.03. The molecule has 1 amide bonds. The van der Waals surface area contributed by atoms with Crippen LogP contribution in [-0.2, 0) is 21.8 Å². The first-order chi connectivity index (χ1) is 15.6. The molecule has 2 atom stereocenters. The first kappa shape index (κ1) is 24.6. The molecule has 0 bridgehead atoms. The van der Waals surface area contributed by atoms with Gasteiger partial charge in [0.1, 0.15) is 10.6 Å². The van der Waals surface area contributed by atoms with Gasteiger partial charge in [0.2, 0.25) is 15.9 Å². The van der Waals surface area contributed by atoms with Crippen LogP contribution in [0, 0.1) is 10.1 Å². The highest BCUT2D eigenvalue weighted by molar-refractivity contribution is 7.89. The highest BCUT2D eigenvalue weighted by atomic mass is 32.2. The van der Waals surface area contributed by atoms with Gasteiger partial charge < -0.3 is 14.8 Å². The number of rotatable bonds is 10. The number of nitrogens with zero attached hydrogens (tertiary/aromatic N) is 3. The number of hydrogen-bond acceptors (Lipinski definition) is 8. The SMILES string of the molecule is CCC(C)NS(=O)(=O)c1cc([N+](=O)[O-])ccc1Oc1cc(C(=O)NCC2CCCO2)nn1C. The van der Waals surface area contributed by atoms with Crippen LogP contribution in [-0.4, -0.2) is 54.3 Å². The maximum Gasteiger partial charge on any atom is 0.272 e. The number of aryl methyl sites for hydroxylation is 1. The lowest BCUT2D eigenvalue weighted by atomic mass is 10.2. The fraction of sp³-hybridized carbons (Fsp3) is 0.500. The minimum atomic E-state index is -4.12. The minimum absolute atomic E-state index is 0.0285. The number of aromatic nitrogens is 2. The van der Waals surface area contributed by atoms with Crippen molar-refractivity contribution >= 4 is 21.6 Å². The average molecular weight is 482 g/mol. The van der Waals surface area contributed by atoms with Crippen molar-refractivity contribution in [2.75, 3.05) is 13.2 Å². The molecule has 1 aliphatic rings. The van der Waals surface area contributed by atoms with E-state index in [-0.39, 0.29) is 28.3 Å². The van der Waals surface area contributed by atoms with Crippen LogP contribution in [0.25, 0.3) is 0 Å². The maximum atomic E-state index is 12.9. The van der Waals surface area contributed by atoms with Crippen LogP contribution in [0.5, 0.6) is 11.6 Å². The number of benzene rings is 1. The molecule has 0 aliphatic carbocycles. The highest BCUT2D eigenvalue weighted by Crippen LogP contribution is 2.32. The van der Waals surface area contributed by atoms with E-state index in [9.17, 15) is 23.3 Å². The molecule has 33 heavy (non-hydrogen) atoms. The summed E-state index contributed by atoms with van der Waals surface area (Å²) in [6.45, 7) is 4.52. The van der Waals surface area contributed by atoms with Crippen LogP contribution in [0.1, 0.15) is 43.6 Å². The number of non-ortho nitro benzene ring substituents is 1. The average Bonchev–Trinajstić information content (AvgIpc) is 3.41. The van der Waals surface area contributed by atoms with Crippen LogP contribution < -0.4 is 14.8 Å². The van der Waals surface area contributed by atoms with Crippen molar-refractivity contribution < 1.29 is 27.6 Å². The summed E-state index contributed by atoms with van der Waals surface area (Å²) < 4.78 is 40.7. The second kappa shape index (κ2) is 10.3. The van der Waals surface area contributed by atoms with Crippen molar-refractivity contribution in [3.63, 3.8) is 0 Å². The third-order valence-electron chi connectivity index (χ3n) is 5.19. The third-order valence-corrected chi connectivity index (χ3v) is 6.81. The number of sulfonamides is 1. The number of amides is 1. The molecule has 2 unspecified atom stereocenters. The number of hydrogen-bond donors (Lipinski definition) is 2. The molecule has 0 saturated carbocycles. The second-order valence-corrected chi connectivity index (χ2v) is 9.44. The van der Waals surface area contributed by atoms with E-state index in [1.165, 1.54) is 23.9 Å². The molecule has 2 heterocycles. The molecule has 2 aromatic rings. The molecule has 12 nitrogen and oxygen atoms in total. The van der Waals surface area contributed by atoms with Gasteiger partial charge in [-0.05, 0) is 32.3 Å². The van der Waals surface area contributed by atoms with E-state index in [1.807, 2.05) is 0 Å². The van der Waals surface area contributed by atoms with E-state index in [0.29, 0.717) is 19.6 Å². The lowest BCUT2D eigenvalue weighted by Crippen LogP contribution is -2.32. The summed E-state index contributed by atoms with van der Waals surface area (Å²) >= 11 is 0. The number of nitro benzene ring substituents is 1. The number of carbonyl (C=O) groups is 1. The van der Waals surface area contributed by atoms with Crippen molar-refractivity contribution in [2.45, 2.75) is 50.2 Å². The molecule has 1 saturated heterocycles. The predicted octanol–water partition coefficient (Wildman–Crippen LogP) is 2.11. The van der Waals surface area contributed by atoms with Crippen molar-refractivity contribution in [3.05, 3.63) is 40.1 Å². The van der Waals surface area contributed by atoms with Gasteiger partial charge >= 0.3 is 0 Å². The fourth-order valence-corrected chi connectivity index (χ4v) is 4.66. The van der Waals surface area contributed by atoms with E-state index in [0.717, 1.165) is 25.0 Å². The summed E-state index contributed by atoms with van der Waals surface area (Å²) in [5.41, 5.74) is -0.319. The quantitative estimate of drug-likeness (QED) is 0.386. The molecule has 1 aromatic heterocycles. The van der Waals surface area contributed by atoms with Crippen LogP contribution in [0.15, 0.2) is 29.2 Å². The predicted molar refractivity (Wildman–Crippen MR) is 118 cm³/mol. The molecule has 0 spiro atoms. The third kappa shape index (κ3) is 6.06. The molecule has 1 aliphatic heterocycles. The Labute approximate surface area is 191 Å². The Morgan fingerprint density at radius 3 is 2.82 bits per heavy atom. The summed E-state index contributed by atoms with van der Waals surface area (Å²) in [6, 6.07) is 4.26. The first-order valence-corrected chi connectivity index (χ1v) is 12.0. The molecule has 3 rings (SSSR count). The fourth-order valence-electron chi connectivity index (χ4n) is 3.19. The van der Waals surface area contributed by atoms with Gasteiger partial charge in [0.25, 0.3) is 11.6 Å². The van der Waals surface area contributed by atoms with Gasteiger partial charge in [-0.3, -0.25) is 14.9 Å². The van der Waals surface area contributed by atoms with Crippen LogP contribution >= 0.6 is 0 Å². The summed E-state index contributed by atoms with van der Waals surface area (Å²) in [5.74, 6) is -0.470. The van der Waals surface area contributed by atoms with E-state index < -0.39 is 32.6 Å². The summed E-state index contributed by atoms with van der Waals surface area (Å²) in [5, 5.41) is 18.1. The zero-order chi connectivity index (χ0) is 24.2. The Bertz CT molecular complexity index is 1130. The monoisotopic (exact) mass is 481 g/mol. The molecule has 0 radical (unpaired) electrons. The van der Waals surface area contributed by atoms with Crippen molar-refractivity contribution in [1.82, 2.24) is 19.8 Å². The van der Waals surface area contributed by atoms with Gasteiger partial charge in [-0.15, -0.1) is 0 Å². The van der Waals surface area contributed by atoms with Gasteiger partial charge in [0.05, 0.1) is 11.0 Å². The van der Waals surface area contributed by atoms with E-state index in [1.54, 1.807) is 13.8 Å². The van der Waals surface area contributed by atoms with Crippen LogP contribution in [0.2, 0.25) is 0 Å². The first-order valence-electron chi connectivity index (χ1n) is 10.5. The molecule has 2 N–H and O–H groups in total. The van der Waals surface area contributed by atoms with Gasteiger partial charge in [0, 0.05) is 44.4 Å². The minimum Gasteiger partial charge on any atom is -0.438 e. The second-order valence-electron chi connectivity index (χ2n) is 7.76. The summed E-state index contributed by atoms with van der Waals surface area (Å²) in [4.78, 5) is 22.6. The van der Waals surface area contributed by atoms with E-state index in [2.05, 4.69) is 15.1 Å². The number of carbonyl (C=O) groups excluding carboxylic acids is 1. The van der Waals surface area contributed by atoms with Crippen molar-refractivity contribution in [1.29, 1.82) is 0 Å². The lowest BCUT2D eigenvalue weighted by Gasteiger charge is -2.15. The number of ether oxygens (including phenoxy) is 2. The zero-order valence-electron chi connectivity index (χ0n) is 18.6. The lowest BCUT2D eigenvalue weighted by molar-refractivity contribution is -0.385. The van der Waals surface area contributed by atoms with E-state index in [4.69, 9.17) is 9.47 Å². The zero-order valence-corrected chi connectivity index (χ0v) is 19.4. The molecule has 1 aromatic carbocycles. The summed E-state index contributed by atoms with van der Waals surface area (Å²) in [7, 11) is -2.59. The molecular weight excluding hydrogens is 454 g/mol. The molecule has 1 fully saturated rings. The Morgan fingerprint density at radius 2 is 2.18 bits per heavy atom. The molecular formula is C20H27N5O7S. The molecule has 13 heteroatoms. The molecule has 180 valence electrons. The smallest absolute Gasteiger partial charge is 0.272 e. The topological polar surface area (TPSA) is 155 Å². The van der Waals surface area contributed by atoms with E-state index >= 15 is 0 Å². The van der Waals surface area contributed by atoms with Gasteiger partial charge in [-0.25, -0.2) is 17.8 Å². The highest BCUT2D eigenvalue weighted by Gasteiger charge is 2.26. The van der Waals surface area contributed by atoms with Crippen LogP contribution in [0.4, 0.5) is 5.69 Å². The van der Waals surface area contributed by atoms with Gasteiger partial charge in [-0.2, -0.15) is 5.10 Å².